The van der Waals surface area contributed by atoms with Gasteiger partial charge in [-0.1, -0.05) is 0 Å². The molecule has 30 heavy (non-hydrogen) atoms. The number of anilines is 1. The van der Waals surface area contributed by atoms with Crippen LogP contribution in [-0.4, -0.2) is 69.7 Å². The molecule has 3 aromatic rings. The molecule has 1 fully saturated rings. The van der Waals surface area contributed by atoms with Crippen molar-refractivity contribution in [1.82, 2.24) is 25.1 Å². The molecule has 2 amide bonds. The number of ether oxygens (including phenoxy) is 1. The van der Waals surface area contributed by atoms with Gasteiger partial charge in [-0.05, 0) is 44.5 Å². The number of aromatic amines is 2. The van der Waals surface area contributed by atoms with E-state index in [-0.39, 0.29) is 18.4 Å². The molecule has 0 radical (unpaired) electrons. The second-order valence-electron chi connectivity index (χ2n) is 8.42. The first-order valence-corrected chi connectivity index (χ1v) is 10.1. The number of carbonyl (C=O) groups is 2. The molecule has 2 aliphatic rings. The second kappa shape index (κ2) is 6.66. The van der Waals surface area contributed by atoms with Gasteiger partial charge in [0.25, 0.3) is 0 Å². The SMILES string of the molecule is Cc1cc(-c2nc3cc4c(cc3[nH]2)C(C)(C)C(=O)N4CC(=O)N2CCOCC2)n[nH]1. The molecule has 5 rings (SSSR count). The number of imidazole rings is 1. The van der Waals surface area contributed by atoms with Crippen LogP contribution < -0.4 is 4.90 Å². The number of aromatic nitrogens is 4. The molecule has 1 aromatic carbocycles. The highest BCUT2D eigenvalue weighted by Crippen LogP contribution is 2.43. The number of hydrogen-bond donors (Lipinski definition) is 2. The lowest BCUT2D eigenvalue weighted by molar-refractivity contribution is -0.135. The van der Waals surface area contributed by atoms with Crippen LogP contribution in [0.5, 0.6) is 0 Å². The Kier molecular flexibility index (Phi) is 4.18. The number of nitrogens with one attached hydrogen (secondary N) is 2. The molecule has 0 saturated carbocycles. The quantitative estimate of drug-likeness (QED) is 0.687. The van der Waals surface area contributed by atoms with Crippen LogP contribution in [0.25, 0.3) is 22.6 Å². The average Bonchev–Trinajstić information content (AvgIpc) is 3.40. The van der Waals surface area contributed by atoms with E-state index in [1.807, 2.05) is 39.0 Å². The Balaban J connectivity index is 1.52. The van der Waals surface area contributed by atoms with Gasteiger partial charge in [0.2, 0.25) is 11.8 Å². The Hall–Kier alpha value is -3.20. The van der Waals surface area contributed by atoms with Gasteiger partial charge in [-0.15, -0.1) is 0 Å². The predicted molar refractivity (Wildman–Crippen MR) is 111 cm³/mol. The lowest BCUT2D eigenvalue weighted by atomic mass is 9.86. The second-order valence-corrected chi connectivity index (χ2v) is 8.42. The summed E-state index contributed by atoms with van der Waals surface area (Å²) in [5, 5.41) is 7.18. The number of aryl methyl sites for hydroxylation is 1. The fraction of sp³-hybridized carbons (Fsp3) is 0.429. The number of fused-ring (bicyclic) bond motifs is 2. The van der Waals surface area contributed by atoms with Crippen LogP contribution in [0.3, 0.4) is 0 Å². The molecule has 2 N–H and O–H groups in total. The van der Waals surface area contributed by atoms with E-state index in [0.29, 0.717) is 32.1 Å². The van der Waals surface area contributed by atoms with Crippen LogP contribution in [0.2, 0.25) is 0 Å². The third kappa shape index (κ3) is 2.88. The van der Waals surface area contributed by atoms with E-state index in [1.54, 1.807) is 9.80 Å². The lowest BCUT2D eigenvalue weighted by Gasteiger charge is -2.29. The highest BCUT2D eigenvalue weighted by atomic mass is 16.5. The average molecular weight is 408 g/mol. The molecular formula is C21H24N6O3. The summed E-state index contributed by atoms with van der Waals surface area (Å²) in [6.07, 6.45) is 0. The van der Waals surface area contributed by atoms with E-state index in [9.17, 15) is 9.59 Å². The van der Waals surface area contributed by atoms with Crippen molar-refractivity contribution in [3.8, 4) is 11.5 Å². The van der Waals surface area contributed by atoms with E-state index < -0.39 is 5.41 Å². The van der Waals surface area contributed by atoms with Gasteiger partial charge in [-0.25, -0.2) is 4.98 Å². The maximum absolute atomic E-state index is 13.2. The van der Waals surface area contributed by atoms with Crippen molar-refractivity contribution in [1.29, 1.82) is 0 Å². The van der Waals surface area contributed by atoms with Crippen LogP contribution in [0, 0.1) is 6.92 Å². The van der Waals surface area contributed by atoms with Crippen molar-refractivity contribution in [3.63, 3.8) is 0 Å². The molecule has 156 valence electrons. The van der Waals surface area contributed by atoms with Crippen LogP contribution in [0.4, 0.5) is 5.69 Å². The van der Waals surface area contributed by atoms with Gasteiger partial charge in [0, 0.05) is 18.8 Å². The first-order valence-electron chi connectivity index (χ1n) is 10.1. The minimum Gasteiger partial charge on any atom is -0.378 e. The molecule has 9 heteroatoms. The fourth-order valence-electron chi connectivity index (χ4n) is 4.20. The summed E-state index contributed by atoms with van der Waals surface area (Å²) in [5.74, 6) is 0.526. The zero-order chi connectivity index (χ0) is 21.0. The number of amides is 2. The maximum atomic E-state index is 13.2. The Bertz CT molecular complexity index is 1150. The van der Waals surface area contributed by atoms with Crippen LogP contribution in [0.15, 0.2) is 18.2 Å². The van der Waals surface area contributed by atoms with Crippen molar-refractivity contribution in [2.45, 2.75) is 26.2 Å². The van der Waals surface area contributed by atoms with Crippen molar-refractivity contribution in [3.05, 3.63) is 29.5 Å². The molecule has 9 nitrogen and oxygen atoms in total. The summed E-state index contributed by atoms with van der Waals surface area (Å²) >= 11 is 0. The van der Waals surface area contributed by atoms with Gasteiger partial charge in [-0.2, -0.15) is 5.10 Å². The van der Waals surface area contributed by atoms with Crippen molar-refractivity contribution >= 4 is 28.5 Å². The van der Waals surface area contributed by atoms with E-state index in [1.165, 1.54) is 0 Å². The van der Waals surface area contributed by atoms with Crippen molar-refractivity contribution in [2.24, 2.45) is 0 Å². The van der Waals surface area contributed by atoms with Gasteiger partial charge < -0.3 is 19.5 Å². The monoisotopic (exact) mass is 408 g/mol. The van der Waals surface area contributed by atoms with E-state index in [2.05, 4.69) is 20.2 Å². The normalized spacial score (nSPS) is 18.3. The molecule has 4 heterocycles. The zero-order valence-corrected chi connectivity index (χ0v) is 17.3. The van der Waals surface area contributed by atoms with Gasteiger partial charge in [0.1, 0.15) is 12.2 Å². The molecular weight excluding hydrogens is 384 g/mol. The summed E-state index contributed by atoms with van der Waals surface area (Å²) in [5.41, 5.74) is 4.18. The first kappa shape index (κ1) is 18.8. The van der Waals surface area contributed by atoms with E-state index >= 15 is 0 Å². The largest absolute Gasteiger partial charge is 0.378 e. The molecule has 2 aliphatic heterocycles. The fourth-order valence-corrected chi connectivity index (χ4v) is 4.20. The Morgan fingerprint density at radius 3 is 2.70 bits per heavy atom. The van der Waals surface area contributed by atoms with E-state index in [4.69, 9.17) is 4.74 Å². The third-order valence-electron chi connectivity index (χ3n) is 5.95. The Morgan fingerprint density at radius 2 is 2.00 bits per heavy atom. The topological polar surface area (TPSA) is 107 Å². The van der Waals surface area contributed by atoms with Crippen LogP contribution in [0.1, 0.15) is 25.1 Å². The summed E-state index contributed by atoms with van der Waals surface area (Å²) < 4.78 is 5.33. The van der Waals surface area contributed by atoms with Gasteiger partial charge >= 0.3 is 0 Å². The standard InChI is InChI=1S/C21H24N6O3/c1-12-8-16(25-24-12)19-22-14-9-13-17(10-15(14)23-19)27(20(29)21(13,2)3)11-18(28)26-4-6-30-7-5-26/h8-10H,4-7,11H2,1-3H3,(H,22,23)(H,24,25). The molecule has 0 bridgehead atoms. The van der Waals surface area contributed by atoms with Crippen molar-refractivity contribution < 1.29 is 14.3 Å². The molecule has 1 saturated heterocycles. The number of benzene rings is 1. The van der Waals surface area contributed by atoms with Crippen molar-refractivity contribution in [2.75, 3.05) is 37.7 Å². The highest BCUT2D eigenvalue weighted by molar-refractivity contribution is 6.11. The lowest BCUT2D eigenvalue weighted by Crippen LogP contribution is -2.47. The smallest absolute Gasteiger partial charge is 0.242 e. The summed E-state index contributed by atoms with van der Waals surface area (Å²) in [4.78, 5) is 37.3. The summed E-state index contributed by atoms with van der Waals surface area (Å²) in [7, 11) is 0. The number of rotatable bonds is 3. The maximum Gasteiger partial charge on any atom is 0.242 e. The Labute approximate surface area is 173 Å². The molecule has 0 unspecified atom stereocenters. The van der Waals surface area contributed by atoms with Gasteiger partial charge in [0.15, 0.2) is 5.82 Å². The third-order valence-corrected chi connectivity index (χ3v) is 5.95. The summed E-state index contributed by atoms with van der Waals surface area (Å²) in [6, 6.07) is 5.79. The molecule has 0 spiro atoms. The zero-order valence-electron chi connectivity index (χ0n) is 17.3. The number of morpholine rings is 1. The number of H-pyrrole nitrogens is 2. The van der Waals surface area contributed by atoms with Gasteiger partial charge in [0.05, 0.1) is 35.3 Å². The Morgan fingerprint density at radius 1 is 1.23 bits per heavy atom. The highest BCUT2D eigenvalue weighted by Gasteiger charge is 2.45. The minimum absolute atomic E-state index is 0.0244. The molecule has 2 aromatic heterocycles. The van der Waals surface area contributed by atoms with Crippen LogP contribution in [-0.2, 0) is 19.7 Å². The minimum atomic E-state index is -0.719. The van der Waals surface area contributed by atoms with Crippen LogP contribution >= 0.6 is 0 Å². The number of nitrogens with zero attached hydrogens (tertiary/aromatic N) is 4. The summed E-state index contributed by atoms with van der Waals surface area (Å²) in [6.45, 7) is 7.93. The number of carbonyl (C=O) groups excluding carboxylic acids is 2. The van der Waals surface area contributed by atoms with E-state index in [0.717, 1.165) is 33.7 Å². The predicted octanol–water partition coefficient (Wildman–Crippen LogP) is 1.74. The first-order chi connectivity index (χ1) is 14.3. The number of hydrogen-bond acceptors (Lipinski definition) is 5. The molecule has 0 atom stereocenters. The molecule has 0 aliphatic carbocycles. The van der Waals surface area contributed by atoms with Gasteiger partial charge in [-0.3, -0.25) is 14.7 Å².